The molecule has 1 heterocycles. The fraction of sp³-hybridized carbons (Fsp3) is 0.955. The van der Waals surface area contributed by atoms with Gasteiger partial charge in [-0.15, -0.1) is 24.0 Å². The SMILES string of the molecule is CCNC(=NCC(C1CCCCC1)N(C)C)NCCCOCC1CCOCC1.I. The molecule has 1 unspecified atom stereocenters. The molecule has 6 nitrogen and oxygen atoms in total. The Morgan fingerprint density at radius 1 is 1.10 bits per heavy atom. The van der Waals surface area contributed by atoms with Gasteiger partial charge < -0.3 is 25.0 Å². The molecule has 1 aliphatic carbocycles. The van der Waals surface area contributed by atoms with E-state index in [1.54, 1.807) is 0 Å². The maximum atomic E-state index is 5.86. The summed E-state index contributed by atoms with van der Waals surface area (Å²) in [5, 5.41) is 6.86. The van der Waals surface area contributed by atoms with E-state index in [2.05, 4.69) is 36.6 Å². The molecule has 0 radical (unpaired) electrons. The van der Waals surface area contributed by atoms with E-state index in [-0.39, 0.29) is 24.0 Å². The van der Waals surface area contributed by atoms with Crippen molar-refractivity contribution in [3.05, 3.63) is 0 Å². The molecule has 0 aromatic carbocycles. The first-order valence-corrected chi connectivity index (χ1v) is 11.5. The molecule has 1 aliphatic heterocycles. The molecule has 0 aromatic rings. The summed E-state index contributed by atoms with van der Waals surface area (Å²) in [5.74, 6) is 2.41. The molecule has 1 saturated heterocycles. The molecule has 29 heavy (non-hydrogen) atoms. The molecule has 0 spiro atoms. The van der Waals surface area contributed by atoms with Crippen molar-refractivity contribution < 1.29 is 9.47 Å². The lowest BCUT2D eigenvalue weighted by Crippen LogP contribution is -2.42. The van der Waals surface area contributed by atoms with Gasteiger partial charge in [-0.05, 0) is 65.0 Å². The lowest BCUT2D eigenvalue weighted by atomic mass is 9.83. The van der Waals surface area contributed by atoms with Gasteiger partial charge in [-0.1, -0.05) is 19.3 Å². The van der Waals surface area contributed by atoms with Crippen LogP contribution in [0.5, 0.6) is 0 Å². The van der Waals surface area contributed by atoms with Crippen LogP contribution in [0.2, 0.25) is 0 Å². The third-order valence-electron chi connectivity index (χ3n) is 6.09. The van der Waals surface area contributed by atoms with Crippen LogP contribution in [-0.4, -0.2) is 77.1 Å². The van der Waals surface area contributed by atoms with E-state index in [4.69, 9.17) is 14.5 Å². The van der Waals surface area contributed by atoms with E-state index >= 15 is 0 Å². The standard InChI is InChI=1S/C22H44N4O2.HI/c1-4-23-22(24-13-8-14-28-18-19-11-15-27-16-12-19)25-17-21(26(2)3)20-9-6-5-7-10-20;/h19-21H,4-18H2,1-3H3,(H2,23,24,25);1H. The van der Waals surface area contributed by atoms with Crippen LogP contribution in [0.25, 0.3) is 0 Å². The van der Waals surface area contributed by atoms with Crippen LogP contribution in [0.15, 0.2) is 4.99 Å². The van der Waals surface area contributed by atoms with Gasteiger partial charge in [0.1, 0.15) is 0 Å². The number of guanidine groups is 1. The molecular weight excluding hydrogens is 479 g/mol. The minimum Gasteiger partial charge on any atom is -0.381 e. The number of ether oxygens (including phenoxy) is 2. The Morgan fingerprint density at radius 2 is 1.83 bits per heavy atom. The topological polar surface area (TPSA) is 58.1 Å². The van der Waals surface area contributed by atoms with E-state index in [0.29, 0.717) is 12.0 Å². The van der Waals surface area contributed by atoms with Crippen molar-refractivity contribution in [1.82, 2.24) is 15.5 Å². The van der Waals surface area contributed by atoms with Gasteiger partial charge in [0.25, 0.3) is 0 Å². The molecule has 2 aliphatic rings. The molecular formula is C22H45IN4O2. The zero-order chi connectivity index (χ0) is 20.0. The van der Waals surface area contributed by atoms with Crippen molar-refractivity contribution in [3.8, 4) is 0 Å². The van der Waals surface area contributed by atoms with Crippen molar-refractivity contribution in [2.24, 2.45) is 16.8 Å². The maximum absolute atomic E-state index is 5.86. The predicted molar refractivity (Wildman–Crippen MR) is 132 cm³/mol. The summed E-state index contributed by atoms with van der Waals surface area (Å²) >= 11 is 0. The number of rotatable bonds is 11. The van der Waals surface area contributed by atoms with Gasteiger partial charge in [-0.2, -0.15) is 0 Å². The number of nitrogens with zero attached hydrogens (tertiary/aromatic N) is 2. The minimum atomic E-state index is 0. The molecule has 1 atom stereocenters. The van der Waals surface area contributed by atoms with Crippen LogP contribution in [0.1, 0.15) is 58.3 Å². The van der Waals surface area contributed by atoms with Crippen LogP contribution < -0.4 is 10.6 Å². The second-order valence-electron chi connectivity index (χ2n) is 8.56. The first kappa shape index (κ1) is 26.9. The van der Waals surface area contributed by atoms with Gasteiger partial charge in [-0.25, -0.2) is 0 Å². The predicted octanol–water partition coefficient (Wildman–Crippen LogP) is 3.50. The highest BCUT2D eigenvalue weighted by atomic mass is 127. The quantitative estimate of drug-likeness (QED) is 0.188. The highest BCUT2D eigenvalue weighted by Gasteiger charge is 2.25. The molecule has 172 valence electrons. The summed E-state index contributed by atoms with van der Waals surface area (Å²) < 4.78 is 11.3. The monoisotopic (exact) mass is 524 g/mol. The van der Waals surface area contributed by atoms with Gasteiger partial charge in [0.15, 0.2) is 5.96 Å². The minimum absolute atomic E-state index is 0. The third kappa shape index (κ3) is 11.2. The van der Waals surface area contributed by atoms with E-state index in [0.717, 1.165) is 77.2 Å². The number of nitrogens with one attached hydrogen (secondary N) is 2. The van der Waals surface area contributed by atoms with E-state index in [1.165, 1.54) is 32.1 Å². The van der Waals surface area contributed by atoms with Gasteiger partial charge in [0.05, 0.1) is 6.54 Å². The van der Waals surface area contributed by atoms with Gasteiger partial charge >= 0.3 is 0 Å². The molecule has 2 rings (SSSR count). The van der Waals surface area contributed by atoms with E-state index < -0.39 is 0 Å². The molecule has 1 saturated carbocycles. The van der Waals surface area contributed by atoms with Gasteiger partial charge in [-0.3, -0.25) is 4.99 Å². The van der Waals surface area contributed by atoms with Crippen molar-refractivity contribution >= 4 is 29.9 Å². The summed E-state index contributed by atoms with van der Waals surface area (Å²) in [4.78, 5) is 7.27. The third-order valence-corrected chi connectivity index (χ3v) is 6.09. The Morgan fingerprint density at radius 3 is 2.48 bits per heavy atom. The average Bonchev–Trinajstić information content (AvgIpc) is 2.72. The smallest absolute Gasteiger partial charge is 0.191 e. The zero-order valence-corrected chi connectivity index (χ0v) is 21.3. The van der Waals surface area contributed by atoms with E-state index in [1.807, 2.05) is 0 Å². The zero-order valence-electron chi connectivity index (χ0n) is 19.0. The van der Waals surface area contributed by atoms with E-state index in [9.17, 15) is 0 Å². The van der Waals surface area contributed by atoms with Crippen molar-refractivity contribution in [2.45, 2.75) is 64.3 Å². The first-order valence-electron chi connectivity index (χ1n) is 11.5. The van der Waals surface area contributed by atoms with Crippen molar-refractivity contribution in [1.29, 1.82) is 0 Å². The van der Waals surface area contributed by atoms with Crippen molar-refractivity contribution in [3.63, 3.8) is 0 Å². The maximum Gasteiger partial charge on any atom is 0.191 e. The van der Waals surface area contributed by atoms with Crippen LogP contribution in [0.4, 0.5) is 0 Å². The molecule has 7 heteroatoms. The lowest BCUT2D eigenvalue weighted by molar-refractivity contribution is 0.0203. The molecule has 0 amide bonds. The lowest BCUT2D eigenvalue weighted by Gasteiger charge is -2.34. The summed E-state index contributed by atoms with van der Waals surface area (Å²) in [5.41, 5.74) is 0. The Kier molecular flexibility index (Phi) is 15.4. The van der Waals surface area contributed by atoms with Crippen LogP contribution >= 0.6 is 24.0 Å². The molecule has 0 aromatic heterocycles. The summed E-state index contributed by atoms with van der Waals surface area (Å²) in [6, 6.07) is 0.540. The number of aliphatic imine (C=N–C) groups is 1. The molecule has 0 bridgehead atoms. The number of hydrogen-bond donors (Lipinski definition) is 2. The number of likely N-dealkylation sites (N-methyl/N-ethyl adjacent to an activating group) is 1. The normalized spacial score (nSPS) is 20.3. The van der Waals surface area contributed by atoms with Crippen molar-refractivity contribution in [2.75, 3.05) is 60.2 Å². The highest BCUT2D eigenvalue weighted by Crippen LogP contribution is 2.28. The van der Waals surface area contributed by atoms with Crippen LogP contribution in [0.3, 0.4) is 0 Å². The molecule has 2 N–H and O–H groups in total. The average molecular weight is 525 g/mol. The second-order valence-corrected chi connectivity index (χ2v) is 8.56. The van der Waals surface area contributed by atoms with Gasteiger partial charge in [0.2, 0.25) is 0 Å². The summed E-state index contributed by atoms with van der Waals surface area (Å²) in [7, 11) is 4.40. The fourth-order valence-electron chi connectivity index (χ4n) is 4.32. The Bertz CT molecular complexity index is 425. The van der Waals surface area contributed by atoms with Gasteiger partial charge in [0, 0.05) is 45.6 Å². The first-order chi connectivity index (χ1) is 13.7. The van der Waals surface area contributed by atoms with Crippen LogP contribution in [0, 0.1) is 11.8 Å². The second kappa shape index (κ2) is 16.6. The Labute approximate surface area is 196 Å². The molecule has 2 fully saturated rings. The largest absolute Gasteiger partial charge is 0.381 e. The Hall–Kier alpha value is -0.120. The highest BCUT2D eigenvalue weighted by molar-refractivity contribution is 14.0. The summed E-state index contributed by atoms with van der Waals surface area (Å²) in [6.07, 6.45) is 10.2. The number of halogens is 1. The van der Waals surface area contributed by atoms with Crippen LogP contribution in [-0.2, 0) is 9.47 Å². The summed E-state index contributed by atoms with van der Waals surface area (Å²) in [6.45, 7) is 8.26. The Balaban J connectivity index is 0.00000420. The fourth-order valence-corrected chi connectivity index (χ4v) is 4.32. The number of hydrogen-bond acceptors (Lipinski definition) is 4.